The lowest BCUT2D eigenvalue weighted by Gasteiger charge is -2.06. The number of aryl methyl sites for hydroxylation is 2. The number of nitrogens with zero attached hydrogens (tertiary/aromatic N) is 1. The summed E-state index contributed by atoms with van der Waals surface area (Å²) in [6.45, 7) is 4.44. The summed E-state index contributed by atoms with van der Waals surface area (Å²) in [4.78, 5) is 27.1. The second kappa shape index (κ2) is 4.21. The van der Waals surface area contributed by atoms with Gasteiger partial charge in [-0.25, -0.2) is 4.79 Å². The number of hydrogen-bond donors (Lipinski definition) is 2. The van der Waals surface area contributed by atoms with Crippen LogP contribution in [0.25, 0.3) is 0 Å². The molecule has 0 bridgehead atoms. The van der Waals surface area contributed by atoms with Crippen molar-refractivity contribution >= 4 is 17.2 Å². The fraction of sp³-hybridized carbons (Fsp3) is 0.273. The predicted molar refractivity (Wildman–Crippen MR) is 68.6 cm³/mol. The number of anilines is 1. The van der Waals surface area contributed by atoms with Gasteiger partial charge in [0.2, 0.25) is 0 Å². The third-order valence-electron chi connectivity index (χ3n) is 2.60. The molecule has 0 saturated carbocycles. The lowest BCUT2D eigenvalue weighted by Crippen LogP contribution is -2.31. The second-order valence-electron chi connectivity index (χ2n) is 3.90. The van der Waals surface area contributed by atoms with Gasteiger partial charge in [-0.3, -0.25) is 14.3 Å². The first-order valence-electron chi connectivity index (χ1n) is 5.13. The van der Waals surface area contributed by atoms with Crippen LogP contribution in [0.5, 0.6) is 0 Å². The molecule has 0 radical (unpaired) electrons. The molecular formula is C11H13N3O2S. The molecule has 2 aromatic heterocycles. The number of aromatic amines is 1. The Morgan fingerprint density at radius 3 is 2.59 bits per heavy atom. The molecule has 3 N–H and O–H groups in total. The molecule has 5 nitrogen and oxygen atoms in total. The zero-order valence-electron chi connectivity index (χ0n) is 9.61. The first kappa shape index (κ1) is 11.7. The molecule has 0 unspecified atom stereocenters. The molecule has 0 aromatic carbocycles. The van der Waals surface area contributed by atoms with Gasteiger partial charge in [-0.1, -0.05) is 0 Å². The number of nitrogens with one attached hydrogen (secondary N) is 1. The minimum absolute atomic E-state index is 0.183. The van der Waals surface area contributed by atoms with Crippen LogP contribution in [0.15, 0.2) is 21.7 Å². The van der Waals surface area contributed by atoms with Crippen molar-refractivity contribution < 1.29 is 0 Å². The largest absolute Gasteiger partial charge is 0.385 e. The van der Waals surface area contributed by atoms with Gasteiger partial charge in [0.1, 0.15) is 5.82 Å². The van der Waals surface area contributed by atoms with Crippen molar-refractivity contribution in [3.63, 3.8) is 0 Å². The molecule has 0 spiro atoms. The van der Waals surface area contributed by atoms with E-state index >= 15 is 0 Å². The summed E-state index contributed by atoms with van der Waals surface area (Å²) in [7, 11) is 0. The molecule has 0 aliphatic heterocycles. The van der Waals surface area contributed by atoms with Crippen molar-refractivity contribution in [3.05, 3.63) is 48.3 Å². The number of rotatable bonds is 2. The van der Waals surface area contributed by atoms with E-state index in [4.69, 9.17) is 5.73 Å². The van der Waals surface area contributed by atoms with Gasteiger partial charge in [-0.05, 0) is 25.5 Å². The van der Waals surface area contributed by atoms with E-state index in [1.807, 2.05) is 19.9 Å². The Balaban J connectivity index is 2.43. The molecule has 2 aromatic rings. The monoisotopic (exact) mass is 251 g/mol. The summed E-state index contributed by atoms with van der Waals surface area (Å²) in [6.07, 6.45) is 0. The highest BCUT2D eigenvalue weighted by atomic mass is 32.1. The van der Waals surface area contributed by atoms with Crippen LogP contribution in [0.4, 0.5) is 5.82 Å². The molecule has 0 aliphatic rings. The Hall–Kier alpha value is -1.82. The van der Waals surface area contributed by atoms with E-state index in [1.54, 1.807) is 11.3 Å². The van der Waals surface area contributed by atoms with Crippen LogP contribution in [-0.4, -0.2) is 9.55 Å². The van der Waals surface area contributed by atoms with Gasteiger partial charge in [0.25, 0.3) is 5.56 Å². The Bertz CT molecular complexity index is 647. The first-order valence-corrected chi connectivity index (χ1v) is 5.94. The summed E-state index contributed by atoms with van der Waals surface area (Å²) in [5, 5.41) is 0. The SMILES string of the molecule is Cc1cc(Cn2c(N)cc(=O)[nH]c2=O)sc1C. The van der Waals surface area contributed by atoms with Crippen molar-refractivity contribution in [2.24, 2.45) is 0 Å². The second-order valence-corrected chi connectivity index (χ2v) is 5.24. The van der Waals surface area contributed by atoms with Crippen molar-refractivity contribution in [1.82, 2.24) is 9.55 Å². The predicted octanol–water partition coefficient (Wildman–Crippen LogP) is 0.845. The molecule has 0 amide bonds. The summed E-state index contributed by atoms with van der Waals surface area (Å²) in [5.41, 5.74) is 5.91. The topological polar surface area (TPSA) is 80.9 Å². The van der Waals surface area contributed by atoms with E-state index in [0.717, 1.165) is 4.88 Å². The number of H-pyrrole nitrogens is 1. The Labute approximate surface area is 102 Å². The number of nitrogen functional groups attached to an aromatic ring is 1. The molecule has 2 heterocycles. The molecule has 6 heteroatoms. The number of hydrogen-bond acceptors (Lipinski definition) is 4. The van der Waals surface area contributed by atoms with Crippen molar-refractivity contribution in [1.29, 1.82) is 0 Å². The molecule has 90 valence electrons. The minimum Gasteiger partial charge on any atom is -0.385 e. The molecule has 0 aliphatic carbocycles. The van der Waals surface area contributed by atoms with Crippen molar-refractivity contribution in [2.75, 3.05) is 5.73 Å². The molecule has 0 saturated heterocycles. The van der Waals surface area contributed by atoms with E-state index in [0.29, 0.717) is 6.54 Å². The van der Waals surface area contributed by atoms with Gasteiger partial charge in [0.15, 0.2) is 0 Å². The maximum atomic E-state index is 11.6. The van der Waals surface area contributed by atoms with Crippen LogP contribution in [0.2, 0.25) is 0 Å². The van der Waals surface area contributed by atoms with E-state index in [9.17, 15) is 9.59 Å². The van der Waals surface area contributed by atoms with Gasteiger partial charge < -0.3 is 5.73 Å². The molecule has 0 atom stereocenters. The Kier molecular flexibility index (Phi) is 2.89. The van der Waals surface area contributed by atoms with Crippen molar-refractivity contribution in [2.45, 2.75) is 20.4 Å². The third kappa shape index (κ3) is 2.31. The van der Waals surface area contributed by atoms with Gasteiger partial charge in [-0.15, -0.1) is 11.3 Å². The van der Waals surface area contributed by atoms with Gasteiger partial charge in [0, 0.05) is 15.8 Å². The normalized spacial score (nSPS) is 10.7. The standard InChI is InChI=1S/C11H13N3O2S/c1-6-3-8(17-7(6)2)5-14-9(12)4-10(15)13-11(14)16/h3-4H,5,12H2,1-2H3,(H,13,15,16). The van der Waals surface area contributed by atoms with Crippen LogP contribution in [0, 0.1) is 13.8 Å². The Morgan fingerprint density at radius 1 is 1.35 bits per heavy atom. The zero-order chi connectivity index (χ0) is 12.6. The molecule has 17 heavy (non-hydrogen) atoms. The van der Waals surface area contributed by atoms with Crippen LogP contribution in [0.3, 0.4) is 0 Å². The quantitative estimate of drug-likeness (QED) is 0.830. The third-order valence-corrected chi connectivity index (χ3v) is 3.73. The van der Waals surface area contributed by atoms with Crippen LogP contribution < -0.4 is 17.0 Å². The fourth-order valence-corrected chi connectivity index (χ4v) is 2.63. The van der Waals surface area contributed by atoms with Crippen LogP contribution in [0.1, 0.15) is 15.3 Å². The summed E-state index contributed by atoms with van der Waals surface area (Å²) in [6, 6.07) is 3.24. The lowest BCUT2D eigenvalue weighted by atomic mass is 10.3. The van der Waals surface area contributed by atoms with Gasteiger partial charge in [-0.2, -0.15) is 0 Å². The highest BCUT2D eigenvalue weighted by Crippen LogP contribution is 2.21. The average Bonchev–Trinajstić information content (AvgIpc) is 2.52. The number of thiophene rings is 1. The highest BCUT2D eigenvalue weighted by Gasteiger charge is 2.07. The van der Waals surface area contributed by atoms with E-state index in [2.05, 4.69) is 4.98 Å². The van der Waals surface area contributed by atoms with E-state index in [1.165, 1.54) is 21.1 Å². The Morgan fingerprint density at radius 2 is 2.06 bits per heavy atom. The highest BCUT2D eigenvalue weighted by molar-refractivity contribution is 7.12. The van der Waals surface area contributed by atoms with E-state index in [-0.39, 0.29) is 5.82 Å². The molecule has 0 fully saturated rings. The fourth-order valence-electron chi connectivity index (χ4n) is 1.59. The number of aromatic nitrogens is 2. The maximum absolute atomic E-state index is 11.6. The summed E-state index contributed by atoms with van der Waals surface area (Å²) >= 11 is 1.62. The molecular weight excluding hydrogens is 238 g/mol. The van der Waals surface area contributed by atoms with Crippen LogP contribution >= 0.6 is 11.3 Å². The lowest BCUT2D eigenvalue weighted by molar-refractivity contribution is 0.741. The minimum atomic E-state index is -0.473. The zero-order valence-corrected chi connectivity index (χ0v) is 10.4. The molecule has 2 rings (SSSR count). The van der Waals surface area contributed by atoms with Gasteiger partial charge >= 0.3 is 5.69 Å². The average molecular weight is 251 g/mol. The van der Waals surface area contributed by atoms with Crippen LogP contribution in [-0.2, 0) is 6.54 Å². The van der Waals surface area contributed by atoms with Crippen molar-refractivity contribution in [3.8, 4) is 0 Å². The van der Waals surface area contributed by atoms with E-state index < -0.39 is 11.2 Å². The maximum Gasteiger partial charge on any atom is 0.330 e. The number of nitrogens with two attached hydrogens (primary N) is 1. The van der Waals surface area contributed by atoms with Gasteiger partial charge in [0.05, 0.1) is 6.54 Å². The summed E-state index contributed by atoms with van der Waals surface area (Å²) in [5.74, 6) is 0.183. The summed E-state index contributed by atoms with van der Waals surface area (Å²) < 4.78 is 1.35. The smallest absolute Gasteiger partial charge is 0.330 e. The first-order chi connectivity index (χ1) is 7.97.